The fraction of sp³-hybridized carbons (Fsp3) is 0.143. The Morgan fingerprint density at radius 1 is 1.20 bits per heavy atom. The van der Waals surface area contributed by atoms with E-state index in [0.717, 1.165) is 17.3 Å². The van der Waals surface area contributed by atoms with Crippen molar-refractivity contribution in [3.63, 3.8) is 0 Å². The maximum absolute atomic E-state index is 12.7. The van der Waals surface area contributed by atoms with Crippen LogP contribution < -0.4 is 15.2 Å². The van der Waals surface area contributed by atoms with Gasteiger partial charge in [-0.05, 0) is 18.2 Å². The molecule has 0 radical (unpaired) electrons. The molecular weight excluding hydrogens is 424 g/mol. The maximum Gasteiger partial charge on any atom is 0.266 e. The third-order valence-electron chi connectivity index (χ3n) is 4.28. The molecule has 2 aromatic carbocycles. The molecule has 9 heteroatoms. The molecule has 1 fully saturated rings. The lowest BCUT2D eigenvalue weighted by atomic mass is 10.1. The number of carbonyl (C=O) groups excluding carboxylic acids is 3. The predicted octanol–water partition coefficient (Wildman–Crippen LogP) is 2.29. The van der Waals surface area contributed by atoms with Gasteiger partial charge in [0.1, 0.15) is 10.1 Å². The smallest absolute Gasteiger partial charge is 0.266 e. The molecule has 154 valence electrons. The molecule has 30 heavy (non-hydrogen) atoms. The minimum absolute atomic E-state index is 0.0459. The number of amides is 2. The third-order valence-corrected chi connectivity index (χ3v) is 5.66. The number of thioether (sulfide) groups is 1. The number of para-hydroxylation sites is 2. The Labute approximate surface area is 182 Å². The highest BCUT2D eigenvalue weighted by Gasteiger charge is 2.32. The molecule has 2 aromatic rings. The van der Waals surface area contributed by atoms with Crippen molar-refractivity contribution in [1.29, 1.82) is 0 Å². The Kier molecular flexibility index (Phi) is 6.86. The van der Waals surface area contributed by atoms with Crippen LogP contribution in [0.2, 0.25) is 0 Å². The third kappa shape index (κ3) is 4.87. The molecule has 1 aliphatic rings. The minimum atomic E-state index is -1.38. The first-order valence-corrected chi connectivity index (χ1v) is 10.1. The monoisotopic (exact) mass is 441 g/mol. The van der Waals surface area contributed by atoms with Gasteiger partial charge in [0.15, 0.2) is 0 Å². The number of rotatable bonds is 7. The molecular formula is C21H17N2O5S2-. The average Bonchev–Trinajstić information content (AvgIpc) is 2.99. The van der Waals surface area contributed by atoms with Crippen molar-refractivity contribution in [2.45, 2.75) is 6.42 Å². The fourth-order valence-corrected chi connectivity index (χ4v) is 4.12. The summed E-state index contributed by atoms with van der Waals surface area (Å²) in [6.45, 7) is 0.0766. The summed E-state index contributed by atoms with van der Waals surface area (Å²) in [5.74, 6) is -1.48. The van der Waals surface area contributed by atoms with E-state index in [0.29, 0.717) is 15.0 Å². The lowest BCUT2D eigenvalue weighted by molar-refractivity contribution is -0.254. The van der Waals surface area contributed by atoms with Crippen LogP contribution in [-0.4, -0.2) is 40.7 Å². The second-order valence-corrected chi connectivity index (χ2v) is 7.88. The highest BCUT2D eigenvalue weighted by molar-refractivity contribution is 8.26. The lowest BCUT2D eigenvalue weighted by Crippen LogP contribution is -2.32. The number of benzene rings is 2. The van der Waals surface area contributed by atoms with Gasteiger partial charge in [-0.2, -0.15) is 0 Å². The van der Waals surface area contributed by atoms with E-state index >= 15 is 0 Å². The predicted molar refractivity (Wildman–Crippen MR) is 117 cm³/mol. The number of carbonyl (C=O) groups is 3. The Morgan fingerprint density at radius 3 is 2.63 bits per heavy atom. The number of carboxylic acid groups (broad SMARTS) is 1. The molecule has 2 amide bonds. The first-order valence-electron chi connectivity index (χ1n) is 8.89. The van der Waals surface area contributed by atoms with Crippen molar-refractivity contribution < 1.29 is 24.2 Å². The van der Waals surface area contributed by atoms with Gasteiger partial charge in [0.05, 0.1) is 18.0 Å². The number of anilines is 1. The summed E-state index contributed by atoms with van der Waals surface area (Å²) >= 11 is 6.44. The van der Waals surface area contributed by atoms with E-state index < -0.39 is 11.9 Å². The molecule has 1 heterocycles. The van der Waals surface area contributed by atoms with Crippen LogP contribution in [0.25, 0.3) is 6.08 Å². The molecule has 0 bridgehead atoms. The van der Waals surface area contributed by atoms with Crippen LogP contribution in [0.4, 0.5) is 5.69 Å². The van der Waals surface area contributed by atoms with E-state index in [1.165, 1.54) is 23.1 Å². The highest BCUT2D eigenvalue weighted by Crippen LogP contribution is 2.34. The zero-order valence-corrected chi connectivity index (χ0v) is 17.5. The molecule has 0 saturated carbocycles. The molecule has 0 unspecified atom stereocenters. The fourth-order valence-electron chi connectivity index (χ4n) is 2.82. The van der Waals surface area contributed by atoms with E-state index in [1.807, 2.05) is 18.2 Å². The van der Waals surface area contributed by atoms with Crippen LogP contribution in [0, 0.1) is 0 Å². The van der Waals surface area contributed by atoms with Crippen molar-refractivity contribution in [2.75, 3.05) is 19.0 Å². The van der Waals surface area contributed by atoms with Crippen LogP contribution in [0.5, 0.6) is 5.75 Å². The van der Waals surface area contributed by atoms with Gasteiger partial charge in [0.2, 0.25) is 5.91 Å². The Morgan fingerprint density at radius 2 is 1.90 bits per heavy atom. The standard InChI is InChI=1S/C21H18N2O5S2/c1-28-16-9-5-2-6-13(16)12-17-19(25)23(21(29)30-17)11-10-18(24)22-15-8-4-3-7-14(15)20(26)27/h2-9,12H,10-11H2,1H3,(H,22,24)(H,26,27)/p-1/b17-12+. The molecule has 0 aromatic heterocycles. The average molecular weight is 442 g/mol. The summed E-state index contributed by atoms with van der Waals surface area (Å²) in [6.07, 6.45) is 1.66. The first kappa shape index (κ1) is 21.5. The molecule has 7 nitrogen and oxygen atoms in total. The quantitative estimate of drug-likeness (QED) is 0.520. The number of hydrogen-bond donors (Lipinski definition) is 1. The number of methoxy groups -OCH3 is 1. The van der Waals surface area contributed by atoms with Gasteiger partial charge in [-0.25, -0.2) is 0 Å². The van der Waals surface area contributed by atoms with Gasteiger partial charge in [0, 0.05) is 29.8 Å². The van der Waals surface area contributed by atoms with Gasteiger partial charge < -0.3 is 20.0 Å². The van der Waals surface area contributed by atoms with E-state index in [9.17, 15) is 19.5 Å². The Hall–Kier alpha value is -3.17. The van der Waals surface area contributed by atoms with Crippen molar-refractivity contribution in [3.05, 3.63) is 64.6 Å². The number of hydrogen-bond acceptors (Lipinski definition) is 7. The number of nitrogens with zero attached hydrogens (tertiary/aromatic N) is 1. The molecule has 1 saturated heterocycles. The zero-order chi connectivity index (χ0) is 21.7. The molecule has 1 aliphatic heterocycles. The normalized spacial score (nSPS) is 14.8. The van der Waals surface area contributed by atoms with E-state index in [-0.39, 0.29) is 30.1 Å². The summed E-state index contributed by atoms with van der Waals surface area (Å²) in [4.78, 5) is 37.9. The van der Waals surface area contributed by atoms with Crippen molar-refractivity contribution in [1.82, 2.24) is 4.90 Å². The number of carboxylic acids is 1. The van der Waals surface area contributed by atoms with Gasteiger partial charge in [-0.1, -0.05) is 60.4 Å². The van der Waals surface area contributed by atoms with E-state index in [1.54, 1.807) is 25.3 Å². The molecule has 3 rings (SSSR count). The van der Waals surface area contributed by atoms with Crippen molar-refractivity contribution >= 4 is 57.8 Å². The molecule has 0 atom stereocenters. The maximum atomic E-state index is 12.7. The minimum Gasteiger partial charge on any atom is -0.545 e. The summed E-state index contributed by atoms with van der Waals surface area (Å²) in [5.41, 5.74) is 0.775. The van der Waals surface area contributed by atoms with Crippen molar-refractivity contribution in [2.24, 2.45) is 0 Å². The van der Waals surface area contributed by atoms with Crippen LogP contribution in [0.15, 0.2) is 53.4 Å². The SMILES string of the molecule is COc1ccccc1/C=C1/SC(=S)N(CCC(=O)Nc2ccccc2C(=O)[O-])C1=O. The lowest BCUT2D eigenvalue weighted by Gasteiger charge is -2.15. The number of aromatic carboxylic acids is 1. The van der Waals surface area contributed by atoms with E-state index in [4.69, 9.17) is 17.0 Å². The second-order valence-electron chi connectivity index (χ2n) is 6.21. The first-order chi connectivity index (χ1) is 14.4. The zero-order valence-electron chi connectivity index (χ0n) is 15.9. The summed E-state index contributed by atoms with van der Waals surface area (Å²) in [7, 11) is 1.55. The summed E-state index contributed by atoms with van der Waals surface area (Å²) in [5, 5.41) is 13.7. The van der Waals surface area contributed by atoms with Gasteiger partial charge >= 0.3 is 0 Å². The highest BCUT2D eigenvalue weighted by atomic mass is 32.2. The van der Waals surface area contributed by atoms with Crippen LogP contribution in [-0.2, 0) is 9.59 Å². The van der Waals surface area contributed by atoms with Crippen LogP contribution in [0.1, 0.15) is 22.3 Å². The van der Waals surface area contributed by atoms with Crippen molar-refractivity contribution in [3.8, 4) is 5.75 Å². The van der Waals surface area contributed by atoms with Crippen LogP contribution >= 0.6 is 24.0 Å². The molecule has 0 spiro atoms. The molecule has 0 aliphatic carbocycles. The number of thiocarbonyl (C=S) groups is 1. The summed E-state index contributed by atoms with van der Waals surface area (Å²) in [6, 6.07) is 13.2. The topological polar surface area (TPSA) is 98.8 Å². The van der Waals surface area contributed by atoms with Gasteiger partial charge in [-0.3, -0.25) is 14.5 Å². The van der Waals surface area contributed by atoms with Gasteiger partial charge in [-0.15, -0.1) is 0 Å². The van der Waals surface area contributed by atoms with Crippen LogP contribution in [0.3, 0.4) is 0 Å². The Bertz CT molecular complexity index is 1050. The Balaban J connectivity index is 1.66. The molecule has 1 N–H and O–H groups in total. The summed E-state index contributed by atoms with van der Waals surface area (Å²) < 4.78 is 5.65. The number of ether oxygens (including phenoxy) is 1. The second kappa shape index (κ2) is 9.55. The largest absolute Gasteiger partial charge is 0.545 e. The van der Waals surface area contributed by atoms with E-state index in [2.05, 4.69) is 5.32 Å². The number of nitrogens with one attached hydrogen (secondary N) is 1. The van der Waals surface area contributed by atoms with Gasteiger partial charge in [0.25, 0.3) is 5.91 Å².